The first-order chi connectivity index (χ1) is 10.6. The third kappa shape index (κ3) is 2.16. The van der Waals surface area contributed by atoms with E-state index in [1.807, 2.05) is 0 Å². The zero-order chi connectivity index (χ0) is 15.3. The molecule has 22 heavy (non-hydrogen) atoms. The first kappa shape index (κ1) is 14.2. The molecule has 0 aliphatic carbocycles. The Balaban J connectivity index is 1.86. The number of ether oxygens (including phenoxy) is 2. The summed E-state index contributed by atoms with van der Waals surface area (Å²) in [7, 11) is 0. The van der Waals surface area contributed by atoms with Gasteiger partial charge in [0.15, 0.2) is 0 Å². The van der Waals surface area contributed by atoms with Gasteiger partial charge in [0.2, 0.25) is 0 Å². The van der Waals surface area contributed by atoms with Gasteiger partial charge in [0.1, 0.15) is 17.1 Å². The molecule has 1 saturated heterocycles. The molecule has 3 heterocycles. The molecule has 0 bridgehead atoms. The second kappa shape index (κ2) is 5.05. The fourth-order valence-electron chi connectivity index (χ4n) is 3.90. The van der Waals surface area contributed by atoms with Crippen LogP contribution in [0.25, 0.3) is 0 Å². The topological polar surface area (TPSA) is 30.5 Å². The molecule has 3 aliphatic rings. The summed E-state index contributed by atoms with van der Waals surface area (Å²) < 4.78 is 51.5. The maximum Gasteiger partial charge on any atom is 0.420 e. The SMILES string of the molecule is FC(F)(F)c1c2c(c(CC3CCCN3)c3c1OCC3)OCC2. The molecule has 3 aliphatic heterocycles. The minimum atomic E-state index is -4.39. The third-order valence-electron chi connectivity index (χ3n) is 4.81. The van der Waals surface area contributed by atoms with Gasteiger partial charge in [0, 0.05) is 35.6 Å². The number of fused-ring (bicyclic) bond motifs is 2. The predicted octanol–water partition coefficient (Wildman–Crippen LogP) is 2.87. The van der Waals surface area contributed by atoms with Crippen LogP contribution in [-0.4, -0.2) is 25.8 Å². The van der Waals surface area contributed by atoms with Crippen LogP contribution in [-0.2, 0) is 25.4 Å². The minimum absolute atomic E-state index is 0.0600. The number of alkyl halides is 3. The van der Waals surface area contributed by atoms with E-state index < -0.39 is 11.7 Å². The summed E-state index contributed by atoms with van der Waals surface area (Å²) in [5, 5.41) is 3.41. The Kier molecular flexibility index (Phi) is 3.25. The van der Waals surface area contributed by atoms with Crippen LogP contribution in [0.2, 0.25) is 0 Å². The first-order valence-electron chi connectivity index (χ1n) is 7.82. The molecule has 0 amide bonds. The number of hydrogen-bond acceptors (Lipinski definition) is 3. The summed E-state index contributed by atoms with van der Waals surface area (Å²) in [4.78, 5) is 0. The Morgan fingerprint density at radius 3 is 2.45 bits per heavy atom. The van der Waals surface area contributed by atoms with Crippen LogP contribution in [0.3, 0.4) is 0 Å². The largest absolute Gasteiger partial charge is 0.493 e. The van der Waals surface area contributed by atoms with E-state index in [9.17, 15) is 13.2 Å². The molecule has 6 heteroatoms. The molecule has 1 fully saturated rings. The average molecular weight is 313 g/mol. The number of rotatable bonds is 2. The van der Waals surface area contributed by atoms with E-state index in [1.54, 1.807) is 0 Å². The van der Waals surface area contributed by atoms with E-state index in [2.05, 4.69) is 5.32 Å². The second-order valence-electron chi connectivity index (χ2n) is 6.16. The van der Waals surface area contributed by atoms with Gasteiger partial charge >= 0.3 is 6.18 Å². The predicted molar refractivity (Wildman–Crippen MR) is 74.6 cm³/mol. The van der Waals surface area contributed by atoms with E-state index in [-0.39, 0.29) is 5.75 Å². The van der Waals surface area contributed by atoms with Crippen molar-refractivity contribution in [3.05, 3.63) is 22.3 Å². The fourth-order valence-corrected chi connectivity index (χ4v) is 3.90. The molecule has 0 radical (unpaired) electrons. The van der Waals surface area contributed by atoms with Crippen molar-refractivity contribution in [1.82, 2.24) is 5.32 Å². The van der Waals surface area contributed by atoms with E-state index in [4.69, 9.17) is 9.47 Å². The molecule has 0 aromatic heterocycles. The van der Waals surface area contributed by atoms with Gasteiger partial charge in [0.05, 0.1) is 13.2 Å². The van der Waals surface area contributed by atoms with Crippen molar-refractivity contribution in [2.75, 3.05) is 19.8 Å². The lowest BCUT2D eigenvalue weighted by Crippen LogP contribution is -2.24. The zero-order valence-electron chi connectivity index (χ0n) is 12.2. The number of hydrogen-bond donors (Lipinski definition) is 1. The van der Waals surface area contributed by atoms with Crippen molar-refractivity contribution in [2.45, 2.75) is 44.3 Å². The highest BCUT2D eigenvalue weighted by molar-refractivity contribution is 5.63. The Hall–Kier alpha value is -1.43. The van der Waals surface area contributed by atoms with Crippen LogP contribution >= 0.6 is 0 Å². The van der Waals surface area contributed by atoms with Crippen LogP contribution in [0.15, 0.2) is 0 Å². The molecule has 1 N–H and O–H groups in total. The average Bonchev–Trinajstić information content (AvgIpc) is 3.17. The van der Waals surface area contributed by atoms with Crippen molar-refractivity contribution >= 4 is 0 Å². The fraction of sp³-hybridized carbons (Fsp3) is 0.625. The number of benzene rings is 1. The lowest BCUT2D eigenvalue weighted by molar-refractivity contribution is -0.139. The summed E-state index contributed by atoms with van der Waals surface area (Å²) in [5.41, 5.74) is 1.34. The summed E-state index contributed by atoms with van der Waals surface area (Å²) >= 11 is 0. The van der Waals surface area contributed by atoms with Crippen LogP contribution in [0.1, 0.15) is 35.1 Å². The maximum atomic E-state index is 13.5. The van der Waals surface area contributed by atoms with Gasteiger partial charge in [-0.1, -0.05) is 0 Å². The highest BCUT2D eigenvalue weighted by Crippen LogP contribution is 2.50. The van der Waals surface area contributed by atoms with Crippen LogP contribution in [0.5, 0.6) is 11.5 Å². The molecule has 1 aromatic carbocycles. The van der Waals surface area contributed by atoms with E-state index in [0.29, 0.717) is 49.0 Å². The summed E-state index contributed by atoms with van der Waals surface area (Å²) in [6, 6.07) is 0.328. The van der Waals surface area contributed by atoms with Gasteiger partial charge in [-0.15, -0.1) is 0 Å². The van der Waals surface area contributed by atoms with Gasteiger partial charge in [-0.3, -0.25) is 0 Å². The van der Waals surface area contributed by atoms with E-state index in [1.165, 1.54) is 0 Å². The molecule has 1 atom stereocenters. The van der Waals surface area contributed by atoms with Gasteiger partial charge in [-0.25, -0.2) is 0 Å². The minimum Gasteiger partial charge on any atom is -0.493 e. The molecule has 1 unspecified atom stereocenters. The van der Waals surface area contributed by atoms with Crippen molar-refractivity contribution in [3.63, 3.8) is 0 Å². The van der Waals surface area contributed by atoms with Gasteiger partial charge < -0.3 is 14.8 Å². The summed E-state index contributed by atoms with van der Waals surface area (Å²) in [6.07, 6.45) is -0.635. The van der Waals surface area contributed by atoms with Crippen LogP contribution < -0.4 is 14.8 Å². The van der Waals surface area contributed by atoms with E-state index in [0.717, 1.165) is 31.4 Å². The molecule has 0 spiro atoms. The molecule has 120 valence electrons. The zero-order valence-corrected chi connectivity index (χ0v) is 12.2. The molecular weight excluding hydrogens is 295 g/mol. The Morgan fingerprint density at radius 2 is 1.77 bits per heavy atom. The maximum absolute atomic E-state index is 13.5. The Labute approximate surface area is 126 Å². The van der Waals surface area contributed by atoms with Crippen molar-refractivity contribution in [3.8, 4) is 11.5 Å². The van der Waals surface area contributed by atoms with Crippen LogP contribution in [0, 0.1) is 0 Å². The molecule has 1 aromatic rings. The number of nitrogens with one attached hydrogen (secondary N) is 1. The normalized spacial score (nSPS) is 23.1. The summed E-state index contributed by atoms with van der Waals surface area (Å²) in [5.74, 6) is 0.537. The molecule has 0 saturated carbocycles. The lowest BCUT2D eigenvalue weighted by atomic mass is 9.90. The van der Waals surface area contributed by atoms with Crippen molar-refractivity contribution < 1.29 is 22.6 Å². The Morgan fingerprint density at radius 1 is 1.05 bits per heavy atom. The van der Waals surface area contributed by atoms with Crippen molar-refractivity contribution in [2.24, 2.45) is 0 Å². The second-order valence-corrected chi connectivity index (χ2v) is 6.16. The molecular formula is C16H18F3NO2. The molecule has 3 nitrogen and oxygen atoms in total. The Bertz CT molecular complexity index is 571. The monoisotopic (exact) mass is 313 g/mol. The lowest BCUT2D eigenvalue weighted by Gasteiger charge is -2.21. The van der Waals surface area contributed by atoms with Crippen molar-refractivity contribution in [1.29, 1.82) is 0 Å². The van der Waals surface area contributed by atoms with Gasteiger partial charge in [-0.05, 0) is 25.8 Å². The highest BCUT2D eigenvalue weighted by Gasteiger charge is 2.44. The van der Waals surface area contributed by atoms with Gasteiger partial charge in [0.25, 0.3) is 0 Å². The number of halogens is 3. The van der Waals surface area contributed by atoms with E-state index >= 15 is 0 Å². The highest BCUT2D eigenvalue weighted by atomic mass is 19.4. The van der Waals surface area contributed by atoms with Gasteiger partial charge in [-0.2, -0.15) is 13.2 Å². The quantitative estimate of drug-likeness (QED) is 0.911. The smallest absolute Gasteiger partial charge is 0.420 e. The standard InChI is InChI=1S/C16H18F3NO2/c17-16(18,19)13-11-4-7-21-14(11)12(8-9-2-1-5-20-9)10-3-6-22-15(10)13/h9,20H,1-8H2. The third-order valence-corrected chi connectivity index (χ3v) is 4.81. The summed E-state index contributed by atoms with van der Waals surface area (Å²) in [6.45, 7) is 1.63. The first-order valence-corrected chi connectivity index (χ1v) is 7.82. The van der Waals surface area contributed by atoms with Crippen LogP contribution in [0.4, 0.5) is 13.2 Å². The molecule has 4 rings (SSSR count).